The van der Waals surface area contributed by atoms with Gasteiger partial charge in [-0.2, -0.15) is 5.10 Å². The molecule has 0 aromatic heterocycles. The van der Waals surface area contributed by atoms with Gasteiger partial charge in [0.25, 0.3) is 11.8 Å². The number of phenolic OH excluding ortho intramolecular Hbond substituents is 1. The second kappa shape index (κ2) is 10.3. The molecule has 170 valence electrons. The molecule has 0 aliphatic rings. The van der Waals surface area contributed by atoms with Crippen LogP contribution in [0.1, 0.15) is 15.9 Å². The van der Waals surface area contributed by atoms with Crippen molar-refractivity contribution < 1.29 is 23.8 Å². The fraction of sp³-hybridized carbons (Fsp3) is 0.0385. The van der Waals surface area contributed by atoms with Crippen LogP contribution < -0.4 is 15.5 Å². The summed E-state index contributed by atoms with van der Waals surface area (Å²) in [6.07, 6.45) is 1.45. The Kier molecular flexibility index (Phi) is 6.78. The average molecular weight is 457 g/mol. The highest BCUT2D eigenvalue weighted by Crippen LogP contribution is 2.24. The second-order valence-corrected chi connectivity index (χ2v) is 7.33. The number of anilines is 1. The number of aromatic hydroxyl groups is 1. The van der Waals surface area contributed by atoms with Crippen LogP contribution in [-0.4, -0.2) is 29.7 Å². The van der Waals surface area contributed by atoms with E-state index in [9.17, 15) is 19.1 Å². The molecule has 4 rings (SSSR count). The minimum absolute atomic E-state index is 0.124. The molecule has 0 aliphatic heterocycles. The Balaban J connectivity index is 1.29. The van der Waals surface area contributed by atoms with Crippen molar-refractivity contribution in [3.8, 4) is 11.5 Å². The summed E-state index contributed by atoms with van der Waals surface area (Å²) in [4.78, 5) is 24.3. The van der Waals surface area contributed by atoms with Gasteiger partial charge in [0.15, 0.2) is 6.61 Å². The van der Waals surface area contributed by atoms with E-state index in [0.29, 0.717) is 17.0 Å². The predicted octanol–water partition coefficient (Wildman–Crippen LogP) is 4.47. The predicted molar refractivity (Wildman–Crippen MR) is 128 cm³/mol. The van der Waals surface area contributed by atoms with Crippen LogP contribution in [0.25, 0.3) is 10.8 Å². The van der Waals surface area contributed by atoms with Crippen molar-refractivity contribution in [2.24, 2.45) is 5.10 Å². The third kappa shape index (κ3) is 5.74. The molecule has 34 heavy (non-hydrogen) atoms. The van der Waals surface area contributed by atoms with E-state index in [-0.39, 0.29) is 29.6 Å². The number of rotatable bonds is 7. The number of carbonyl (C=O) groups is 2. The summed E-state index contributed by atoms with van der Waals surface area (Å²) in [5, 5.41) is 18.3. The van der Waals surface area contributed by atoms with Gasteiger partial charge >= 0.3 is 0 Å². The van der Waals surface area contributed by atoms with Crippen molar-refractivity contribution in [3.63, 3.8) is 0 Å². The van der Waals surface area contributed by atoms with E-state index in [4.69, 9.17) is 4.74 Å². The monoisotopic (exact) mass is 457 g/mol. The number of amides is 2. The molecule has 0 atom stereocenters. The first-order valence-electron chi connectivity index (χ1n) is 10.3. The molecular weight excluding hydrogens is 437 g/mol. The Morgan fingerprint density at radius 2 is 1.62 bits per heavy atom. The largest absolute Gasteiger partial charge is 0.507 e. The maximum atomic E-state index is 12.9. The van der Waals surface area contributed by atoms with Gasteiger partial charge in [-0.1, -0.05) is 24.3 Å². The number of phenols is 1. The molecule has 4 aromatic carbocycles. The third-order valence-corrected chi connectivity index (χ3v) is 4.87. The molecule has 0 spiro atoms. The van der Waals surface area contributed by atoms with Crippen LogP contribution in [0.4, 0.5) is 10.1 Å². The lowest BCUT2D eigenvalue weighted by atomic mass is 10.1. The van der Waals surface area contributed by atoms with Crippen LogP contribution in [-0.2, 0) is 4.79 Å². The molecule has 0 radical (unpaired) electrons. The number of ether oxygens (including phenoxy) is 1. The van der Waals surface area contributed by atoms with Gasteiger partial charge in [-0.3, -0.25) is 9.59 Å². The Hall–Kier alpha value is -4.72. The highest BCUT2D eigenvalue weighted by Gasteiger charge is 2.11. The normalized spacial score (nSPS) is 10.9. The summed E-state index contributed by atoms with van der Waals surface area (Å²) < 4.78 is 18.4. The maximum absolute atomic E-state index is 12.9. The third-order valence-electron chi connectivity index (χ3n) is 4.87. The smallest absolute Gasteiger partial charge is 0.275 e. The average Bonchev–Trinajstić information content (AvgIpc) is 2.84. The van der Waals surface area contributed by atoms with Crippen LogP contribution in [0.2, 0.25) is 0 Å². The van der Waals surface area contributed by atoms with Crippen LogP contribution in [0.5, 0.6) is 11.5 Å². The van der Waals surface area contributed by atoms with E-state index in [0.717, 1.165) is 10.8 Å². The lowest BCUT2D eigenvalue weighted by Crippen LogP contribution is -2.20. The quantitative estimate of drug-likeness (QED) is 0.282. The Morgan fingerprint density at radius 3 is 2.32 bits per heavy atom. The highest BCUT2D eigenvalue weighted by atomic mass is 19.1. The summed E-state index contributed by atoms with van der Waals surface area (Å²) in [5.74, 6) is -0.958. The number of carbonyl (C=O) groups excluding carboxylic acids is 2. The minimum Gasteiger partial charge on any atom is -0.507 e. The maximum Gasteiger partial charge on any atom is 0.275 e. The molecule has 0 fully saturated rings. The van der Waals surface area contributed by atoms with Crippen molar-refractivity contribution >= 4 is 34.5 Å². The molecule has 2 amide bonds. The van der Waals surface area contributed by atoms with E-state index in [2.05, 4.69) is 15.8 Å². The van der Waals surface area contributed by atoms with E-state index >= 15 is 0 Å². The van der Waals surface area contributed by atoms with Gasteiger partial charge in [-0.05, 0) is 77.0 Å². The fourth-order valence-electron chi connectivity index (χ4n) is 3.17. The van der Waals surface area contributed by atoms with Crippen LogP contribution in [0.3, 0.4) is 0 Å². The summed E-state index contributed by atoms with van der Waals surface area (Å²) in [5.41, 5.74) is 3.68. The number of hydrogen-bond donors (Lipinski definition) is 3. The van der Waals surface area contributed by atoms with Gasteiger partial charge < -0.3 is 15.2 Å². The lowest BCUT2D eigenvalue weighted by Gasteiger charge is -2.08. The van der Waals surface area contributed by atoms with Crippen molar-refractivity contribution in [1.29, 1.82) is 0 Å². The van der Waals surface area contributed by atoms with E-state index in [1.54, 1.807) is 30.3 Å². The van der Waals surface area contributed by atoms with Gasteiger partial charge in [0.2, 0.25) is 0 Å². The van der Waals surface area contributed by atoms with Crippen molar-refractivity contribution in [2.75, 3.05) is 11.9 Å². The fourth-order valence-corrected chi connectivity index (χ4v) is 3.17. The standard InChI is InChI=1S/C26H20FN3O4/c27-20-7-9-21(10-8-20)29-25(32)16-34-22-11-5-17(6-12-22)15-28-30-26(33)23-13-18-3-1-2-4-19(18)14-24(23)31/h1-15,31H,16H2,(H,29,32)(H,30,33). The number of hydrogen-bond acceptors (Lipinski definition) is 5. The summed E-state index contributed by atoms with van der Waals surface area (Å²) in [7, 11) is 0. The summed E-state index contributed by atoms with van der Waals surface area (Å²) >= 11 is 0. The molecule has 3 N–H and O–H groups in total. The van der Waals surface area contributed by atoms with E-state index < -0.39 is 5.91 Å². The van der Waals surface area contributed by atoms with E-state index in [1.165, 1.54) is 36.5 Å². The number of benzene rings is 4. The van der Waals surface area contributed by atoms with Crippen molar-refractivity contribution in [3.05, 3.63) is 102 Å². The summed E-state index contributed by atoms with van der Waals surface area (Å²) in [6.45, 7) is -0.212. The van der Waals surface area contributed by atoms with E-state index in [1.807, 2.05) is 24.3 Å². The zero-order valence-corrected chi connectivity index (χ0v) is 17.9. The van der Waals surface area contributed by atoms with Gasteiger partial charge in [-0.25, -0.2) is 9.82 Å². The Morgan fingerprint density at radius 1 is 0.941 bits per heavy atom. The Labute approximate surface area is 194 Å². The molecule has 0 heterocycles. The van der Waals surface area contributed by atoms with Crippen molar-refractivity contribution in [1.82, 2.24) is 5.43 Å². The van der Waals surface area contributed by atoms with Gasteiger partial charge in [0.1, 0.15) is 17.3 Å². The Bertz CT molecular complexity index is 1350. The lowest BCUT2D eigenvalue weighted by molar-refractivity contribution is -0.118. The summed E-state index contributed by atoms with van der Waals surface area (Å²) in [6, 6.07) is 22.7. The van der Waals surface area contributed by atoms with Crippen LogP contribution >= 0.6 is 0 Å². The number of hydrazone groups is 1. The van der Waals surface area contributed by atoms with Gasteiger partial charge in [-0.15, -0.1) is 0 Å². The van der Waals surface area contributed by atoms with Crippen LogP contribution in [0, 0.1) is 5.82 Å². The molecule has 0 saturated carbocycles. The first-order chi connectivity index (χ1) is 16.5. The van der Waals surface area contributed by atoms with Crippen LogP contribution in [0.15, 0.2) is 90.0 Å². The number of fused-ring (bicyclic) bond motifs is 1. The molecule has 0 unspecified atom stereocenters. The molecule has 7 nitrogen and oxygen atoms in total. The zero-order valence-electron chi connectivity index (χ0n) is 17.9. The second-order valence-electron chi connectivity index (χ2n) is 7.33. The first-order valence-corrected chi connectivity index (χ1v) is 10.3. The van der Waals surface area contributed by atoms with Gasteiger partial charge in [0.05, 0.1) is 11.8 Å². The molecule has 8 heteroatoms. The zero-order chi connectivity index (χ0) is 23.9. The topological polar surface area (TPSA) is 100 Å². The van der Waals surface area contributed by atoms with Crippen molar-refractivity contribution in [2.45, 2.75) is 0 Å². The highest BCUT2D eigenvalue weighted by molar-refractivity contribution is 6.01. The minimum atomic E-state index is -0.536. The number of nitrogens with zero attached hydrogens (tertiary/aromatic N) is 1. The molecular formula is C26H20FN3O4. The SMILES string of the molecule is O=C(COc1ccc(C=NNC(=O)c2cc3ccccc3cc2O)cc1)Nc1ccc(F)cc1. The molecule has 0 aliphatic carbocycles. The number of halogens is 1. The van der Waals surface area contributed by atoms with Gasteiger partial charge in [0, 0.05) is 5.69 Å². The first kappa shape index (κ1) is 22.5. The number of nitrogens with one attached hydrogen (secondary N) is 2. The molecule has 0 saturated heterocycles. The molecule has 4 aromatic rings. The molecule has 0 bridgehead atoms.